The minimum absolute atomic E-state index is 0.339. The molecule has 6 heteroatoms. The van der Waals surface area contributed by atoms with Crippen LogP contribution in [0, 0.1) is 12.0 Å². The molecule has 0 bridgehead atoms. The van der Waals surface area contributed by atoms with E-state index in [9.17, 15) is 18.3 Å². The second-order valence-corrected chi connectivity index (χ2v) is 5.28. The molecule has 2 aromatic carbocycles. The smallest absolute Gasteiger partial charge is 0.380 e. The lowest BCUT2D eigenvalue weighted by Crippen LogP contribution is -2.07. The number of halogens is 3. The molecule has 0 aliphatic carbocycles. The van der Waals surface area contributed by atoms with Crippen molar-refractivity contribution in [1.29, 1.82) is 0 Å². The molecule has 1 heterocycles. The topological polar surface area (TPSA) is 38.1 Å². The summed E-state index contributed by atoms with van der Waals surface area (Å²) in [6, 6.07) is 16.4. The van der Waals surface area contributed by atoms with Gasteiger partial charge in [-0.15, -0.1) is 0 Å². The molecule has 1 unspecified atom stereocenters. The maximum absolute atomic E-state index is 12.6. The van der Waals surface area contributed by atoms with Crippen LogP contribution >= 0.6 is 0 Å². The fourth-order valence-electron chi connectivity index (χ4n) is 2.26. The van der Waals surface area contributed by atoms with Crippen molar-refractivity contribution in [1.82, 2.24) is 9.55 Å². The summed E-state index contributed by atoms with van der Waals surface area (Å²) in [6.45, 7) is 0. The van der Waals surface area contributed by atoms with Crippen LogP contribution in [0.4, 0.5) is 13.2 Å². The molecular weight excluding hydrogens is 329 g/mol. The predicted molar refractivity (Wildman–Crippen MR) is 86.5 cm³/mol. The average Bonchev–Trinajstić information content (AvgIpc) is 3.08. The van der Waals surface area contributed by atoms with Crippen LogP contribution in [-0.2, 0) is 6.18 Å². The van der Waals surface area contributed by atoms with Gasteiger partial charge in [-0.05, 0) is 35.7 Å². The lowest BCUT2D eigenvalue weighted by atomic mass is 10.1. The van der Waals surface area contributed by atoms with Crippen molar-refractivity contribution < 1.29 is 18.3 Å². The molecule has 0 fully saturated rings. The van der Waals surface area contributed by atoms with Gasteiger partial charge in [-0.25, -0.2) is 4.98 Å². The van der Waals surface area contributed by atoms with E-state index in [0.717, 1.165) is 12.1 Å². The van der Waals surface area contributed by atoms with Gasteiger partial charge in [-0.3, -0.25) is 4.57 Å². The minimum atomic E-state index is -4.37. The van der Waals surface area contributed by atoms with Crippen molar-refractivity contribution in [3.63, 3.8) is 0 Å². The average molecular weight is 342 g/mol. The van der Waals surface area contributed by atoms with E-state index in [1.807, 2.05) is 6.07 Å². The van der Waals surface area contributed by atoms with Gasteiger partial charge < -0.3 is 5.11 Å². The number of aliphatic hydroxyl groups is 1. The van der Waals surface area contributed by atoms with E-state index in [4.69, 9.17) is 0 Å². The van der Waals surface area contributed by atoms with Crippen LogP contribution in [0.25, 0.3) is 0 Å². The standard InChI is InChI=1S/C19H13F3N2O/c20-19(21,22)16-8-6-14(7-9-16)10-12-24-13-11-23-18(24)17(25)15-4-2-1-3-5-15/h1-9,11,13,17,25H. The zero-order valence-electron chi connectivity index (χ0n) is 12.9. The molecule has 25 heavy (non-hydrogen) atoms. The molecule has 3 rings (SSSR count). The molecule has 0 radical (unpaired) electrons. The number of hydrogen-bond donors (Lipinski definition) is 1. The zero-order valence-corrected chi connectivity index (χ0v) is 12.9. The predicted octanol–water partition coefficient (Wildman–Crippen LogP) is 3.84. The highest BCUT2D eigenvalue weighted by molar-refractivity contribution is 5.37. The SMILES string of the molecule is OC(c1ccccc1)c1nccn1C#Cc1ccc(C(F)(F)F)cc1. The van der Waals surface area contributed by atoms with Crippen molar-refractivity contribution >= 4 is 0 Å². The van der Waals surface area contributed by atoms with Gasteiger partial charge in [0.05, 0.1) is 5.56 Å². The number of rotatable bonds is 2. The summed E-state index contributed by atoms with van der Waals surface area (Å²) in [7, 11) is 0. The van der Waals surface area contributed by atoms with E-state index < -0.39 is 17.8 Å². The third-order valence-corrected chi connectivity index (χ3v) is 3.56. The maximum Gasteiger partial charge on any atom is 0.416 e. The van der Waals surface area contributed by atoms with Gasteiger partial charge in [0.1, 0.15) is 6.10 Å². The summed E-state index contributed by atoms with van der Waals surface area (Å²) in [5.74, 6) is 3.11. The number of benzene rings is 2. The van der Waals surface area contributed by atoms with Crippen LogP contribution in [0.1, 0.15) is 28.6 Å². The lowest BCUT2D eigenvalue weighted by molar-refractivity contribution is -0.137. The minimum Gasteiger partial charge on any atom is -0.380 e. The van der Waals surface area contributed by atoms with Crippen LogP contribution in [0.5, 0.6) is 0 Å². The number of hydrogen-bond acceptors (Lipinski definition) is 2. The van der Waals surface area contributed by atoms with Gasteiger partial charge in [0.15, 0.2) is 5.82 Å². The molecule has 0 saturated heterocycles. The summed E-state index contributed by atoms with van der Waals surface area (Å²) in [6.07, 6.45) is -2.23. The molecule has 0 saturated carbocycles. The zero-order chi connectivity index (χ0) is 17.9. The number of imidazole rings is 1. The van der Waals surface area contributed by atoms with E-state index >= 15 is 0 Å². The van der Waals surface area contributed by atoms with Gasteiger partial charge in [0.25, 0.3) is 0 Å². The molecule has 1 N–H and O–H groups in total. The Morgan fingerprint density at radius 2 is 1.68 bits per heavy atom. The quantitative estimate of drug-likeness (QED) is 0.719. The van der Waals surface area contributed by atoms with Crippen LogP contribution in [0.15, 0.2) is 67.0 Å². The Bertz CT molecular complexity index is 904. The fourth-order valence-corrected chi connectivity index (χ4v) is 2.26. The van der Waals surface area contributed by atoms with E-state index in [2.05, 4.69) is 16.9 Å². The highest BCUT2D eigenvalue weighted by atomic mass is 19.4. The monoisotopic (exact) mass is 342 g/mol. The molecule has 126 valence electrons. The number of aromatic nitrogens is 2. The second-order valence-electron chi connectivity index (χ2n) is 5.28. The molecule has 0 aliphatic rings. The van der Waals surface area contributed by atoms with Crippen molar-refractivity contribution in [3.8, 4) is 12.0 Å². The molecule has 1 aromatic heterocycles. The van der Waals surface area contributed by atoms with Gasteiger partial charge >= 0.3 is 6.18 Å². The first kappa shape index (κ1) is 16.8. The maximum atomic E-state index is 12.6. The van der Waals surface area contributed by atoms with E-state index in [0.29, 0.717) is 17.0 Å². The van der Waals surface area contributed by atoms with E-state index in [1.165, 1.54) is 22.9 Å². The largest absolute Gasteiger partial charge is 0.416 e. The molecular formula is C19H13F3N2O. The Balaban J connectivity index is 1.84. The highest BCUT2D eigenvalue weighted by Crippen LogP contribution is 2.29. The summed E-state index contributed by atoms with van der Waals surface area (Å²) in [5.41, 5.74) is 0.383. The van der Waals surface area contributed by atoms with Gasteiger partial charge in [-0.2, -0.15) is 13.2 Å². The van der Waals surface area contributed by atoms with Crippen molar-refractivity contribution in [2.75, 3.05) is 0 Å². The first-order valence-electron chi connectivity index (χ1n) is 7.41. The normalized spacial score (nSPS) is 12.3. The van der Waals surface area contributed by atoms with E-state index in [-0.39, 0.29) is 0 Å². The first-order valence-corrected chi connectivity index (χ1v) is 7.41. The Hall–Kier alpha value is -3.04. The summed E-state index contributed by atoms with van der Waals surface area (Å²) >= 11 is 0. The molecule has 0 aliphatic heterocycles. The van der Waals surface area contributed by atoms with Crippen molar-refractivity contribution in [2.45, 2.75) is 12.3 Å². The summed E-state index contributed by atoms with van der Waals surface area (Å²) in [4.78, 5) is 4.11. The first-order chi connectivity index (χ1) is 11.9. The third kappa shape index (κ3) is 3.90. The fraction of sp³-hybridized carbons (Fsp3) is 0.105. The van der Waals surface area contributed by atoms with E-state index in [1.54, 1.807) is 30.5 Å². The Morgan fingerprint density at radius 3 is 2.32 bits per heavy atom. The second kappa shape index (κ2) is 6.83. The Morgan fingerprint density at radius 1 is 1.00 bits per heavy atom. The molecule has 0 amide bonds. The van der Waals surface area contributed by atoms with Crippen molar-refractivity contribution in [2.24, 2.45) is 0 Å². The van der Waals surface area contributed by atoms with Gasteiger partial charge in [0.2, 0.25) is 0 Å². The highest BCUT2D eigenvalue weighted by Gasteiger charge is 2.29. The third-order valence-electron chi connectivity index (χ3n) is 3.56. The summed E-state index contributed by atoms with van der Waals surface area (Å²) < 4.78 is 39.1. The number of alkyl halides is 3. The molecule has 3 aromatic rings. The van der Waals surface area contributed by atoms with Gasteiger partial charge in [0, 0.05) is 24.0 Å². The van der Waals surface area contributed by atoms with Gasteiger partial charge in [-0.1, -0.05) is 30.3 Å². The summed E-state index contributed by atoms with van der Waals surface area (Å²) in [5, 5.41) is 10.4. The van der Waals surface area contributed by atoms with Crippen LogP contribution in [0.3, 0.4) is 0 Å². The number of nitrogens with zero attached hydrogens (tertiary/aromatic N) is 2. The molecule has 1 atom stereocenters. The Labute approximate surface area is 142 Å². The molecule has 3 nitrogen and oxygen atoms in total. The van der Waals surface area contributed by atoms with Crippen LogP contribution < -0.4 is 0 Å². The van der Waals surface area contributed by atoms with Crippen LogP contribution in [0.2, 0.25) is 0 Å². The lowest BCUT2D eigenvalue weighted by Gasteiger charge is -2.09. The van der Waals surface area contributed by atoms with Crippen LogP contribution in [-0.4, -0.2) is 14.7 Å². The van der Waals surface area contributed by atoms with Crippen molar-refractivity contribution in [3.05, 3.63) is 89.5 Å². The number of aliphatic hydroxyl groups excluding tert-OH is 1. The Kier molecular flexibility index (Phi) is 4.59. The molecule has 0 spiro atoms.